The van der Waals surface area contributed by atoms with Gasteiger partial charge in [-0.15, -0.1) is 0 Å². The van der Waals surface area contributed by atoms with Crippen molar-refractivity contribution in [1.82, 2.24) is 14.6 Å². The number of pyridine rings is 1. The lowest BCUT2D eigenvalue weighted by Gasteiger charge is -2.26. The largest absolute Gasteiger partial charge is 0.382 e. The predicted octanol–water partition coefficient (Wildman–Crippen LogP) is 3.04. The van der Waals surface area contributed by atoms with Crippen molar-refractivity contribution in [2.75, 3.05) is 17.8 Å². The van der Waals surface area contributed by atoms with E-state index in [4.69, 9.17) is 15.5 Å². The number of ether oxygens (including phenoxy) is 1. The van der Waals surface area contributed by atoms with Gasteiger partial charge in [0.2, 0.25) is 0 Å². The Hall–Kier alpha value is -1.82. The number of rotatable bonds is 5. The van der Waals surface area contributed by atoms with Crippen molar-refractivity contribution in [3.05, 3.63) is 17.1 Å². The minimum absolute atomic E-state index is 0.475. The second-order valence-corrected chi connectivity index (χ2v) is 6.37. The van der Waals surface area contributed by atoms with Crippen molar-refractivity contribution < 1.29 is 4.74 Å². The third-order valence-corrected chi connectivity index (χ3v) is 4.73. The molecule has 1 fully saturated rings. The summed E-state index contributed by atoms with van der Waals surface area (Å²) >= 11 is 0. The summed E-state index contributed by atoms with van der Waals surface area (Å²) in [6, 6.07) is 0.482. The van der Waals surface area contributed by atoms with E-state index in [1.54, 1.807) is 0 Å². The molecule has 1 aliphatic carbocycles. The molecule has 23 heavy (non-hydrogen) atoms. The zero-order valence-corrected chi connectivity index (χ0v) is 14.4. The fourth-order valence-corrected chi connectivity index (χ4v) is 3.32. The summed E-state index contributed by atoms with van der Waals surface area (Å²) in [7, 11) is 0. The first kappa shape index (κ1) is 16.1. The van der Waals surface area contributed by atoms with Crippen LogP contribution in [0.15, 0.2) is 0 Å². The number of nitrogens with two attached hydrogens (primary N) is 1. The van der Waals surface area contributed by atoms with Crippen LogP contribution in [-0.2, 0) is 11.3 Å². The van der Waals surface area contributed by atoms with Gasteiger partial charge in [0.25, 0.3) is 0 Å². The monoisotopic (exact) mass is 317 g/mol. The van der Waals surface area contributed by atoms with E-state index in [0.717, 1.165) is 28.1 Å². The molecule has 0 saturated heterocycles. The number of nitrogen functional groups attached to an aromatic ring is 1. The highest BCUT2D eigenvalue weighted by molar-refractivity contribution is 5.88. The Labute approximate surface area is 137 Å². The quantitative estimate of drug-likeness (QED) is 0.886. The lowest BCUT2D eigenvalue weighted by atomic mass is 9.96. The normalized spacial score (nSPS) is 16.1. The maximum atomic E-state index is 6.11. The Morgan fingerprint density at radius 3 is 2.65 bits per heavy atom. The number of hydrogen-bond acceptors (Lipinski definition) is 5. The molecule has 3 rings (SSSR count). The smallest absolute Gasteiger partial charge is 0.154 e. The number of imidazole rings is 1. The van der Waals surface area contributed by atoms with Gasteiger partial charge in [0.05, 0.1) is 5.52 Å². The van der Waals surface area contributed by atoms with Gasteiger partial charge in [-0.2, -0.15) is 0 Å². The Morgan fingerprint density at radius 2 is 1.96 bits per heavy atom. The van der Waals surface area contributed by atoms with Gasteiger partial charge >= 0.3 is 0 Å². The minimum Gasteiger partial charge on any atom is -0.382 e. The molecule has 2 aromatic rings. The average Bonchev–Trinajstić information content (AvgIpc) is 2.91. The van der Waals surface area contributed by atoms with Crippen LogP contribution in [0.2, 0.25) is 0 Å². The molecule has 2 heterocycles. The highest BCUT2D eigenvalue weighted by Gasteiger charge is 2.21. The van der Waals surface area contributed by atoms with Crippen LogP contribution in [0.25, 0.3) is 11.0 Å². The summed E-state index contributed by atoms with van der Waals surface area (Å²) in [5, 5.41) is 0. The van der Waals surface area contributed by atoms with E-state index in [9.17, 15) is 0 Å². The third-order valence-electron chi connectivity index (χ3n) is 4.73. The van der Waals surface area contributed by atoms with E-state index in [1.807, 2.05) is 13.8 Å². The van der Waals surface area contributed by atoms with Gasteiger partial charge in [0.1, 0.15) is 12.1 Å². The minimum atomic E-state index is 0.475. The molecule has 6 heteroatoms. The maximum absolute atomic E-state index is 6.11. The Balaban J connectivity index is 2.06. The van der Waals surface area contributed by atoms with Crippen LogP contribution in [-0.4, -0.2) is 27.3 Å². The molecule has 0 bridgehead atoms. The lowest BCUT2D eigenvalue weighted by molar-refractivity contribution is 0.126. The van der Waals surface area contributed by atoms with Crippen molar-refractivity contribution in [2.24, 2.45) is 0 Å². The van der Waals surface area contributed by atoms with Crippen LogP contribution >= 0.6 is 0 Å². The molecule has 0 aromatic carbocycles. The van der Waals surface area contributed by atoms with Crippen LogP contribution in [0.1, 0.15) is 56.1 Å². The second-order valence-electron chi connectivity index (χ2n) is 6.37. The molecule has 0 unspecified atom stereocenters. The molecule has 2 aromatic heterocycles. The second kappa shape index (κ2) is 6.74. The van der Waals surface area contributed by atoms with Crippen LogP contribution in [0.3, 0.4) is 0 Å². The van der Waals surface area contributed by atoms with Gasteiger partial charge < -0.3 is 15.9 Å². The summed E-state index contributed by atoms with van der Waals surface area (Å²) in [5.41, 5.74) is 13.7. The van der Waals surface area contributed by atoms with Crippen molar-refractivity contribution in [3.63, 3.8) is 0 Å². The van der Waals surface area contributed by atoms with Crippen LogP contribution in [0.4, 0.5) is 5.82 Å². The number of anilines is 1. The van der Waals surface area contributed by atoms with E-state index in [0.29, 0.717) is 25.1 Å². The van der Waals surface area contributed by atoms with Crippen molar-refractivity contribution in [2.45, 2.75) is 65.5 Å². The van der Waals surface area contributed by atoms with Crippen molar-refractivity contribution in [3.8, 4) is 0 Å². The van der Waals surface area contributed by atoms with Gasteiger partial charge in [-0.05, 0) is 39.2 Å². The Morgan fingerprint density at radius 1 is 1.22 bits per heavy atom. The molecule has 126 valence electrons. The Kier molecular flexibility index (Phi) is 4.71. The fourth-order valence-electron chi connectivity index (χ4n) is 3.32. The number of nitrogens with zero attached hydrogens (tertiary/aromatic N) is 3. The predicted molar refractivity (Wildman–Crippen MR) is 93.0 cm³/mol. The van der Waals surface area contributed by atoms with Gasteiger partial charge in [-0.25, -0.2) is 14.6 Å². The number of hydrogen-bond donors (Lipinski definition) is 2. The highest BCUT2D eigenvalue weighted by Crippen LogP contribution is 2.27. The molecule has 1 saturated carbocycles. The van der Waals surface area contributed by atoms with Gasteiger partial charge in [0.15, 0.2) is 11.6 Å². The molecule has 6 nitrogen and oxygen atoms in total. The van der Waals surface area contributed by atoms with Crippen molar-refractivity contribution >= 4 is 16.9 Å². The zero-order chi connectivity index (χ0) is 16.4. The third kappa shape index (κ3) is 3.13. The van der Waals surface area contributed by atoms with Gasteiger partial charge in [-0.1, -0.05) is 19.3 Å². The zero-order valence-electron chi connectivity index (χ0n) is 14.4. The fraction of sp³-hybridized carbons (Fsp3) is 0.647. The van der Waals surface area contributed by atoms with Gasteiger partial charge in [0, 0.05) is 18.3 Å². The maximum Gasteiger partial charge on any atom is 0.154 e. The summed E-state index contributed by atoms with van der Waals surface area (Å²) < 4.78 is 7.70. The molecule has 0 radical (unpaired) electrons. The summed E-state index contributed by atoms with van der Waals surface area (Å²) in [6.45, 7) is 7.20. The molecular weight excluding hydrogens is 290 g/mol. The number of aromatic nitrogens is 3. The molecule has 0 spiro atoms. The highest BCUT2D eigenvalue weighted by atomic mass is 16.5. The average molecular weight is 317 g/mol. The van der Waals surface area contributed by atoms with Crippen molar-refractivity contribution in [1.29, 1.82) is 0 Å². The van der Waals surface area contributed by atoms with Crippen LogP contribution < -0.4 is 11.2 Å². The van der Waals surface area contributed by atoms with E-state index in [2.05, 4.69) is 22.0 Å². The van der Waals surface area contributed by atoms with Gasteiger partial charge in [-0.3, -0.25) is 0 Å². The molecule has 1 aliphatic rings. The van der Waals surface area contributed by atoms with E-state index in [1.165, 1.54) is 32.1 Å². The molecule has 3 N–H and O–H groups in total. The first-order valence-corrected chi connectivity index (χ1v) is 8.60. The number of fused-ring (bicyclic) bond motifs is 1. The molecular formula is C17H27N5O. The van der Waals surface area contributed by atoms with Crippen LogP contribution in [0.5, 0.6) is 0 Å². The number of nitrogens with one attached hydrogen (secondary N) is 1. The van der Waals surface area contributed by atoms with Crippen LogP contribution in [0, 0.1) is 13.8 Å². The molecule has 0 atom stereocenters. The first-order chi connectivity index (χ1) is 11.1. The summed E-state index contributed by atoms with van der Waals surface area (Å²) in [5.74, 6) is 1.36. The summed E-state index contributed by atoms with van der Waals surface area (Å²) in [4.78, 5) is 9.12. The lowest BCUT2D eigenvalue weighted by Crippen LogP contribution is -2.31. The first-order valence-electron chi connectivity index (χ1n) is 8.60. The number of aryl methyl sites for hydroxylation is 2. The standard InChI is InChI=1S/C17H27N5O/c1-4-23-10-14-20-15-16(11(2)12(3)19-17(15)18)22(14)21-13-8-6-5-7-9-13/h13,21H,4-10H2,1-3H3,(H2,18,19). The summed E-state index contributed by atoms with van der Waals surface area (Å²) in [6.07, 6.45) is 6.31. The Bertz CT molecular complexity index is 688. The van der Waals surface area contributed by atoms with E-state index in [-0.39, 0.29) is 0 Å². The SMILES string of the molecule is CCOCc1nc2c(N)nc(C)c(C)c2n1NC1CCCCC1. The van der Waals surface area contributed by atoms with E-state index < -0.39 is 0 Å². The molecule has 0 aliphatic heterocycles. The topological polar surface area (TPSA) is 78.0 Å². The molecule has 0 amide bonds. The van der Waals surface area contributed by atoms with E-state index >= 15 is 0 Å².